The van der Waals surface area contributed by atoms with Crippen molar-refractivity contribution in [2.75, 3.05) is 7.05 Å². The lowest BCUT2D eigenvalue weighted by Gasteiger charge is -2.21. The van der Waals surface area contributed by atoms with Gasteiger partial charge >= 0.3 is 0 Å². The first kappa shape index (κ1) is 12.0. The number of aliphatic imine (C=N–C) groups is 1. The molecule has 0 fully saturated rings. The van der Waals surface area contributed by atoms with Crippen LogP contribution in [0.1, 0.15) is 5.69 Å². The summed E-state index contributed by atoms with van der Waals surface area (Å²) < 4.78 is 3.14. The van der Waals surface area contributed by atoms with Crippen molar-refractivity contribution in [1.29, 1.82) is 0 Å². The summed E-state index contributed by atoms with van der Waals surface area (Å²) in [5, 5.41) is 0. The van der Waals surface area contributed by atoms with Crippen LogP contribution in [0.25, 0.3) is 5.65 Å². The fourth-order valence-corrected chi connectivity index (χ4v) is 2.60. The Labute approximate surface area is 123 Å². The fraction of sp³-hybridized carbons (Fsp3) is 0.167. The van der Waals surface area contributed by atoms with Crippen LogP contribution >= 0.6 is 34.2 Å². The molecular formula is C12H10ClIN4. The molecule has 0 spiro atoms. The minimum Gasteiger partial charge on any atom is -0.347 e. The van der Waals surface area contributed by atoms with E-state index in [1.807, 2.05) is 53.2 Å². The van der Waals surface area contributed by atoms with Crippen molar-refractivity contribution in [1.82, 2.24) is 14.3 Å². The summed E-state index contributed by atoms with van der Waals surface area (Å²) in [6.45, 7) is 0. The number of allylic oxidation sites excluding steroid dienone is 1. The number of hydrogen-bond donors (Lipinski definition) is 0. The van der Waals surface area contributed by atoms with Crippen LogP contribution in [0.5, 0.6) is 0 Å². The van der Waals surface area contributed by atoms with Crippen LogP contribution < -0.4 is 0 Å². The predicted octanol–water partition coefficient (Wildman–Crippen LogP) is 2.71. The second kappa shape index (κ2) is 4.55. The molecule has 92 valence electrons. The highest BCUT2D eigenvalue weighted by Crippen LogP contribution is 2.18. The number of halogens is 2. The van der Waals surface area contributed by atoms with Crippen LogP contribution in [-0.4, -0.2) is 32.7 Å². The lowest BCUT2D eigenvalue weighted by Crippen LogP contribution is -2.25. The van der Waals surface area contributed by atoms with Crippen LogP contribution in [0.2, 0.25) is 0 Å². The van der Waals surface area contributed by atoms with Gasteiger partial charge in [0.2, 0.25) is 0 Å². The van der Waals surface area contributed by atoms with Crippen LogP contribution in [0.3, 0.4) is 0 Å². The van der Waals surface area contributed by atoms with Crippen molar-refractivity contribution in [2.45, 2.75) is 5.62 Å². The van der Waals surface area contributed by atoms with Gasteiger partial charge < -0.3 is 4.90 Å². The standard InChI is InChI=1S/C12H10ClIN4/c1-17-6-4-9(16-12(17)13)10-7-15-11-8(14)3-2-5-18(10)11/h2-7,12H,1H3. The monoisotopic (exact) mass is 372 g/mol. The fourth-order valence-electron chi connectivity index (χ4n) is 1.83. The summed E-state index contributed by atoms with van der Waals surface area (Å²) in [4.78, 5) is 10.7. The second-order valence-corrected chi connectivity index (χ2v) is 5.55. The van der Waals surface area contributed by atoms with Gasteiger partial charge in [0.15, 0.2) is 11.3 Å². The van der Waals surface area contributed by atoms with Crippen LogP contribution in [0.4, 0.5) is 0 Å². The minimum absolute atomic E-state index is 0.363. The maximum Gasteiger partial charge on any atom is 0.197 e. The molecule has 1 aliphatic heterocycles. The molecule has 6 heteroatoms. The van der Waals surface area contributed by atoms with E-state index in [0.29, 0.717) is 0 Å². The van der Waals surface area contributed by atoms with Crippen LogP contribution in [0, 0.1) is 3.57 Å². The molecule has 0 radical (unpaired) electrons. The van der Waals surface area contributed by atoms with Crippen LogP contribution in [0.15, 0.2) is 41.8 Å². The molecule has 1 atom stereocenters. The highest BCUT2D eigenvalue weighted by molar-refractivity contribution is 14.1. The summed E-state index contributed by atoms with van der Waals surface area (Å²) in [7, 11) is 1.89. The number of nitrogens with zero attached hydrogens (tertiary/aromatic N) is 4. The van der Waals surface area contributed by atoms with E-state index < -0.39 is 0 Å². The Kier molecular flexibility index (Phi) is 3.03. The van der Waals surface area contributed by atoms with Gasteiger partial charge in [-0.1, -0.05) is 11.6 Å². The molecule has 1 unspecified atom stereocenters. The highest BCUT2D eigenvalue weighted by atomic mass is 127. The number of rotatable bonds is 1. The van der Waals surface area contributed by atoms with E-state index in [9.17, 15) is 0 Å². The lowest BCUT2D eigenvalue weighted by molar-refractivity contribution is 0.427. The van der Waals surface area contributed by atoms with Crippen molar-refractivity contribution in [3.63, 3.8) is 0 Å². The van der Waals surface area contributed by atoms with E-state index in [0.717, 1.165) is 20.6 Å². The summed E-state index contributed by atoms with van der Waals surface area (Å²) >= 11 is 8.39. The van der Waals surface area contributed by atoms with Crippen LogP contribution in [-0.2, 0) is 0 Å². The van der Waals surface area contributed by atoms with Gasteiger partial charge in [-0.05, 0) is 40.8 Å². The number of imidazole rings is 1. The van der Waals surface area contributed by atoms with Gasteiger partial charge in [-0.15, -0.1) is 0 Å². The maximum absolute atomic E-state index is 6.12. The van der Waals surface area contributed by atoms with Gasteiger partial charge in [-0.2, -0.15) is 0 Å². The van der Waals surface area contributed by atoms with E-state index in [1.165, 1.54) is 0 Å². The Morgan fingerprint density at radius 3 is 3.06 bits per heavy atom. The van der Waals surface area contributed by atoms with Gasteiger partial charge in [0, 0.05) is 19.4 Å². The summed E-state index contributed by atoms with van der Waals surface area (Å²) in [6, 6.07) is 4.03. The maximum atomic E-state index is 6.12. The van der Waals surface area contributed by atoms with Crippen molar-refractivity contribution in [3.8, 4) is 0 Å². The third kappa shape index (κ3) is 1.91. The normalized spacial score (nSPS) is 19.4. The van der Waals surface area contributed by atoms with Crippen molar-refractivity contribution >= 4 is 45.6 Å². The van der Waals surface area contributed by atoms with Gasteiger partial charge in [0.1, 0.15) is 0 Å². The molecule has 0 aliphatic carbocycles. The first-order valence-corrected chi connectivity index (χ1v) is 6.92. The highest BCUT2D eigenvalue weighted by Gasteiger charge is 2.16. The number of aromatic nitrogens is 2. The van der Waals surface area contributed by atoms with Crippen molar-refractivity contribution in [3.05, 3.63) is 46.1 Å². The Balaban J connectivity index is 2.14. The topological polar surface area (TPSA) is 32.9 Å². The molecule has 0 amide bonds. The summed E-state index contributed by atoms with van der Waals surface area (Å²) in [5.74, 6) is 0. The zero-order valence-electron chi connectivity index (χ0n) is 9.59. The number of alkyl halides is 1. The molecule has 2 aromatic rings. The predicted molar refractivity (Wildman–Crippen MR) is 81.0 cm³/mol. The molecule has 0 N–H and O–H groups in total. The van der Waals surface area contributed by atoms with Gasteiger partial charge in [0.25, 0.3) is 0 Å². The van der Waals surface area contributed by atoms with Gasteiger partial charge in [-0.3, -0.25) is 4.40 Å². The Bertz CT molecular complexity index is 661. The number of fused-ring (bicyclic) bond motifs is 1. The van der Waals surface area contributed by atoms with Gasteiger partial charge in [0.05, 0.1) is 21.2 Å². The molecular weight excluding hydrogens is 363 g/mol. The van der Waals surface area contributed by atoms with E-state index in [1.54, 1.807) is 0 Å². The number of pyridine rings is 1. The SMILES string of the molecule is CN1C=CC(c2cnc3c(I)cccn23)=NC1Cl. The molecule has 2 aromatic heterocycles. The molecule has 0 saturated carbocycles. The first-order chi connectivity index (χ1) is 8.66. The van der Waals surface area contributed by atoms with E-state index in [2.05, 4.69) is 32.6 Å². The molecule has 0 bridgehead atoms. The third-order valence-electron chi connectivity index (χ3n) is 2.80. The zero-order chi connectivity index (χ0) is 12.7. The summed E-state index contributed by atoms with van der Waals surface area (Å²) in [5.41, 5.74) is 2.38. The molecule has 0 aromatic carbocycles. The Hall–Kier alpha value is -1.08. The largest absolute Gasteiger partial charge is 0.347 e. The first-order valence-electron chi connectivity index (χ1n) is 5.41. The molecule has 18 heavy (non-hydrogen) atoms. The average molecular weight is 373 g/mol. The number of hydrogen-bond acceptors (Lipinski definition) is 3. The Morgan fingerprint density at radius 2 is 2.28 bits per heavy atom. The third-order valence-corrected chi connectivity index (χ3v) is 4.05. The Morgan fingerprint density at radius 1 is 1.44 bits per heavy atom. The zero-order valence-corrected chi connectivity index (χ0v) is 12.5. The lowest BCUT2D eigenvalue weighted by atomic mass is 10.2. The molecule has 4 nitrogen and oxygen atoms in total. The molecule has 3 heterocycles. The molecule has 0 saturated heterocycles. The quantitative estimate of drug-likeness (QED) is 0.438. The smallest absolute Gasteiger partial charge is 0.197 e. The van der Waals surface area contributed by atoms with E-state index >= 15 is 0 Å². The summed E-state index contributed by atoms with van der Waals surface area (Å²) in [6.07, 6.45) is 7.68. The van der Waals surface area contributed by atoms with E-state index in [4.69, 9.17) is 11.6 Å². The average Bonchev–Trinajstić information content (AvgIpc) is 2.78. The van der Waals surface area contributed by atoms with E-state index in [-0.39, 0.29) is 5.62 Å². The van der Waals surface area contributed by atoms with Gasteiger partial charge in [-0.25, -0.2) is 9.98 Å². The minimum atomic E-state index is -0.363. The second-order valence-electron chi connectivity index (χ2n) is 4.00. The molecule has 3 rings (SSSR count). The van der Waals surface area contributed by atoms with Crippen molar-refractivity contribution in [2.24, 2.45) is 4.99 Å². The van der Waals surface area contributed by atoms with Crippen molar-refractivity contribution < 1.29 is 0 Å². The molecule has 1 aliphatic rings.